The van der Waals surface area contributed by atoms with E-state index < -0.39 is 19.3 Å². The van der Waals surface area contributed by atoms with Gasteiger partial charge in [-0.05, 0) is 0 Å². The van der Waals surface area contributed by atoms with Crippen molar-refractivity contribution in [1.82, 2.24) is 5.48 Å². The summed E-state index contributed by atoms with van der Waals surface area (Å²) in [4.78, 5) is 0. The van der Waals surface area contributed by atoms with Crippen molar-refractivity contribution in [2.45, 2.75) is 0 Å². The van der Waals surface area contributed by atoms with Crippen LogP contribution in [0.5, 0.6) is 0 Å². The van der Waals surface area contributed by atoms with Gasteiger partial charge in [-0.25, -0.2) is 0 Å². The molecule has 9 heteroatoms. The molecule has 0 aliphatic heterocycles. The molecule has 0 fully saturated rings. The summed E-state index contributed by atoms with van der Waals surface area (Å²) < 4.78 is 30.8. The Morgan fingerprint density at radius 3 is 2.20 bits per heavy atom. The Balaban J connectivity index is 0. The van der Waals surface area contributed by atoms with E-state index in [1.54, 1.807) is 0 Å². The monoisotopic (exact) mass is 275 g/mol. The summed E-state index contributed by atoms with van der Waals surface area (Å²) in [6.45, 7) is 0. The SMILES string of the molecule is N=C(N)NO[Se](=O)(=O)O.[GaH3]. The number of nitrogens with one attached hydrogen (secondary N) is 2. The molecule has 0 bridgehead atoms. The van der Waals surface area contributed by atoms with Gasteiger partial charge in [0.15, 0.2) is 0 Å². The van der Waals surface area contributed by atoms with Gasteiger partial charge in [0.1, 0.15) is 0 Å². The van der Waals surface area contributed by atoms with Gasteiger partial charge in [0, 0.05) is 0 Å². The molecular formula is CH8GaN3O4Se. The number of guanidine groups is 1. The molecule has 7 nitrogen and oxygen atoms in total. The van der Waals surface area contributed by atoms with E-state index in [4.69, 9.17) is 9.60 Å². The van der Waals surface area contributed by atoms with Crippen LogP contribution in [0.2, 0.25) is 0 Å². The second-order valence-electron chi connectivity index (χ2n) is 1.03. The van der Waals surface area contributed by atoms with Crippen molar-refractivity contribution < 1.29 is 15.8 Å². The fourth-order valence-electron chi connectivity index (χ4n) is 0.0975. The van der Waals surface area contributed by atoms with Gasteiger partial charge in [-0.15, -0.1) is 0 Å². The summed E-state index contributed by atoms with van der Waals surface area (Å²) >= 11 is -5.21. The van der Waals surface area contributed by atoms with Crippen molar-refractivity contribution in [3.05, 3.63) is 0 Å². The topological polar surface area (TPSA) is 126 Å². The van der Waals surface area contributed by atoms with Crippen LogP contribution in [-0.2, 0) is 11.6 Å². The van der Waals surface area contributed by atoms with Crippen LogP contribution in [0.4, 0.5) is 0 Å². The van der Waals surface area contributed by atoms with Crippen LogP contribution in [0.1, 0.15) is 0 Å². The molecule has 0 radical (unpaired) electrons. The standard InChI is InChI=1S/CH5N3O4Se.Ga.3H/c2-1(3)4-8-9(5,6)7;;;;/h(H4,2,3,4)(H,5,6,7);;;;. The summed E-state index contributed by atoms with van der Waals surface area (Å²) in [7, 11) is 0. The van der Waals surface area contributed by atoms with Gasteiger partial charge < -0.3 is 0 Å². The van der Waals surface area contributed by atoms with E-state index in [0.717, 1.165) is 0 Å². The Labute approximate surface area is 71.7 Å². The van der Waals surface area contributed by atoms with Crippen molar-refractivity contribution >= 4 is 39.1 Å². The number of rotatable bonds is 2. The van der Waals surface area contributed by atoms with Crippen molar-refractivity contribution in [3.8, 4) is 0 Å². The zero-order chi connectivity index (χ0) is 7.49. The van der Waals surface area contributed by atoms with Crippen molar-refractivity contribution in [3.63, 3.8) is 0 Å². The van der Waals surface area contributed by atoms with Crippen molar-refractivity contribution in [1.29, 1.82) is 5.41 Å². The van der Waals surface area contributed by atoms with Crippen molar-refractivity contribution in [2.75, 3.05) is 0 Å². The van der Waals surface area contributed by atoms with Gasteiger partial charge in [-0.2, -0.15) is 0 Å². The molecule has 0 aromatic heterocycles. The maximum absolute atomic E-state index is 9.73. The first-order valence-electron chi connectivity index (χ1n) is 1.68. The summed E-state index contributed by atoms with van der Waals surface area (Å²) in [5.41, 5.74) is 6.02. The number of hydroxylamine groups is 1. The number of nitrogens with two attached hydrogens (primary N) is 1. The molecule has 10 heavy (non-hydrogen) atoms. The molecule has 0 aliphatic rings. The number of hydrogen-bond acceptors (Lipinski definition) is 4. The first kappa shape index (κ1) is 12.6. The zero-order valence-electron chi connectivity index (χ0n) is 4.16. The molecule has 0 heterocycles. The molecule has 0 aliphatic carbocycles. The van der Waals surface area contributed by atoms with Crippen LogP contribution < -0.4 is 11.2 Å². The summed E-state index contributed by atoms with van der Waals surface area (Å²) in [5.74, 6) is -0.697. The average molecular weight is 275 g/mol. The third-order valence-electron chi connectivity index (χ3n) is 0.257. The predicted molar refractivity (Wildman–Crippen MR) is 35.4 cm³/mol. The van der Waals surface area contributed by atoms with Crippen LogP contribution in [0.3, 0.4) is 0 Å². The minimum absolute atomic E-state index is 0. The third-order valence-corrected chi connectivity index (χ3v) is 0.874. The van der Waals surface area contributed by atoms with Gasteiger partial charge in [0.05, 0.1) is 0 Å². The van der Waals surface area contributed by atoms with Gasteiger partial charge in [0.25, 0.3) is 0 Å². The molecule has 5 N–H and O–H groups in total. The Bertz CT molecular complexity index is 199. The molecular weight excluding hydrogens is 267 g/mol. The maximum atomic E-state index is 9.73. The molecule has 0 amide bonds. The van der Waals surface area contributed by atoms with Gasteiger partial charge >= 0.3 is 71.5 Å². The Kier molecular flexibility index (Phi) is 5.94. The Morgan fingerprint density at radius 2 is 2.10 bits per heavy atom. The van der Waals surface area contributed by atoms with E-state index in [2.05, 4.69) is 9.65 Å². The van der Waals surface area contributed by atoms with Crippen molar-refractivity contribution in [2.24, 2.45) is 5.73 Å². The minimum atomic E-state index is -5.21. The van der Waals surface area contributed by atoms with Gasteiger partial charge in [0.2, 0.25) is 0 Å². The van der Waals surface area contributed by atoms with E-state index in [1.807, 2.05) is 0 Å². The second kappa shape index (κ2) is 4.71. The molecule has 0 aromatic carbocycles. The molecule has 0 saturated heterocycles. The molecule has 0 aromatic rings. The fraction of sp³-hybridized carbons (Fsp3) is 0. The Morgan fingerprint density at radius 1 is 1.70 bits per heavy atom. The third kappa shape index (κ3) is 10.8. The molecule has 0 saturated carbocycles. The molecule has 0 spiro atoms. The summed E-state index contributed by atoms with van der Waals surface area (Å²) in [6.07, 6.45) is 0. The quantitative estimate of drug-likeness (QED) is 0.179. The van der Waals surface area contributed by atoms with Crippen LogP contribution in [0, 0.1) is 5.41 Å². The van der Waals surface area contributed by atoms with Crippen LogP contribution in [-0.4, -0.2) is 43.3 Å². The summed E-state index contributed by atoms with van der Waals surface area (Å²) in [5, 5.41) is 6.35. The predicted octanol–water partition coefficient (Wildman–Crippen LogP) is -3.49. The second-order valence-corrected chi connectivity index (χ2v) is 3.17. The average Bonchev–Trinajstić information content (AvgIpc) is 1.59. The van der Waals surface area contributed by atoms with E-state index in [-0.39, 0.29) is 19.8 Å². The summed E-state index contributed by atoms with van der Waals surface area (Å²) in [6, 6.07) is 0. The van der Waals surface area contributed by atoms with Crippen LogP contribution >= 0.6 is 0 Å². The molecule has 0 rings (SSSR count). The zero-order valence-corrected chi connectivity index (χ0v) is 5.87. The van der Waals surface area contributed by atoms with Gasteiger partial charge in [-0.1, -0.05) is 0 Å². The molecule has 60 valence electrons. The van der Waals surface area contributed by atoms with Gasteiger partial charge in [-0.3, -0.25) is 0 Å². The molecule has 0 unspecified atom stereocenters. The van der Waals surface area contributed by atoms with Crippen LogP contribution in [0.25, 0.3) is 0 Å². The van der Waals surface area contributed by atoms with E-state index in [1.165, 1.54) is 5.48 Å². The normalized spacial score (nSPS) is 9.70. The first-order chi connectivity index (χ1) is 3.92. The van der Waals surface area contributed by atoms with Crippen LogP contribution in [0.15, 0.2) is 0 Å². The molecule has 0 atom stereocenters. The van der Waals surface area contributed by atoms with E-state index in [9.17, 15) is 7.67 Å². The number of hydrogen-bond donors (Lipinski definition) is 4. The van der Waals surface area contributed by atoms with E-state index >= 15 is 0 Å². The van der Waals surface area contributed by atoms with E-state index in [0.29, 0.717) is 0 Å². The first-order valence-corrected chi connectivity index (χ1v) is 4.54. The Hall–Kier alpha value is -0.0542. The fourth-order valence-corrected chi connectivity index (χ4v) is 0.507.